The molecule has 11 nitrogen and oxygen atoms in total. The van der Waals surface area contributed by atoms with E-state index in [1.807, 2.05) is 30.7 Å². The first kappa shape index (κ1) is 25.2. The Bertz CT molecular complexity index is 1170. The lowest BCUT2D eigenvalue weighted by Crippen LogP contribution is -2.55. The van der Waals surface area contributed by atoms with Gasteiger partial charge < -0.3 is 20.1 Å². The van der Waals surface area contributed by atoms with Crippen LogP contribution in [0.1, 0.15) is 68.8 Å². The van der Waals surface area contributed by atoms with E-state index < -0.39 is 17.9 Å². The Morgan fingerprint density at radius 1 is 1.27 bits per heavy atom. The first-order valence-electron chi connectivity index (χ1n) is 13.3. The number of amides is 3. The molecule has 3 aliphatic rings. The van der Waals surface area contributed by atoms with E-state index in [4.69, 9.17) is 0 Å². The van der Waals surface area contributed by atoms with Gasteiger partial charge in [0.15, 0.2) is 0 Å². The van der Waals surface area contributed by atoms with Crippen LogP contribution in [0.3, 0.4) is 0 Å². The number of hydrogen-bond donors (Lipinski definition) is 3. The van der Waals surface area contributed by atoms with Gasteiger partial charge in [0, 0.05) is 43.9 Å². The molecule has 37 heavy (non-hydrogen) atoms. The largest absolute Gasteiger partial charge is 0.350 e. The fraction of sp³-hybridized carbons (Fsp3) is 0.615. The molecule has 0 saturated carbocycles. The number of ketones is 1. The smallest absolute Gasteiger partial charge is 0.243 e. The number of aromatic amines is 1. The Morgan fingerprint density at radius 2 is 2.11 bits per heavy atom. The molecule has 1 fully saturated rings. The van der Waals surface area contributed by atoms with Crippen LogP contribution in [0.25, 0.3) is 0 Å². The monoisotopic (exact) mass is 509 g/mol. The van der Waals surface area contributed by atoms with E-state index in [9.17, 15) is 19.2 Å². The number of rotatable bonds is 8. The fourth-order valence-corrected chi connectivity index (χ4v) is 6.12. The highest BCUT2D eigenvalue weighted by atomic mass is 16.2. The average molecular weight is 510 g/mol. The predicted molar refractivity (Wildman–Crippen MR) is 133 cm³/mol. The van der Waals surface area contributed by atoms with E-state index in [-0.39, 0.29) is 48.4 Å². The summed E-state index contributed by atoms with van der Waals surface area (Å²) in [5, 5.41) is 16.3. The molecule has 3 amide bonds. The van der Waals surface area contributed by atoms with Crippen LogP contribution in [0.5, 0.6) is 0 Å². The molecule has 0 radical (unpaired) electrons. The molecule has 0 aromatic carbocycles. The van der Waals surface area contributed by atoms with Crippen molar-refractivity contribution in [2.24, 2.45) is 11.8 Å². The van der Waals surface area contributed by atoms with E-state index in [0.29, 0.717) is 31.6 Å². The van der Waals surface area contributed by atoms with Gasteiger partial charge in [-0.2, -0.15) is 15.4 Å². The lowest BCUT2D eigenvalue weighted by atomic mass is 9.79. The molecule has 198 valence electrons. The highest BCUT2D eigenvalue weighted by Crippen LogP contribution is 2.38. The summed E-state index contributed by atoms with van der Waals surface area (Å²) in [6.07, 6.45) is 6.99. The van der Waals surface area contributed by atoms with E-state index >= 15 is 0 Å². The van der Waals surface area contributed by atoms with Crippen molar-refractivity contribution in [3.8, 4) is 0 Å². The summed E-state index contributed by atoms with van der Waals surface area (Å²) in [4.78, 5) is 54.5. The number of aromatic nitrogens is 4. The SMILES string of the molecule is CC[C@H](C)[C@@H](C(=O)NC1CCc2ccn3c2C1C(=O)CC(C(=O)NCc1cn[nH]n1)C3)N1CCCC1=O. The van der Waals surface area contributed by atoms with Crippen LogP contribution in [0.2, 0.25) is 0 Å². The van der Waals surface area contributed by atoms with Gasteiger partial charge in [0.2, 0.25) is 17.7 Å². The zero-order valence-electron chi connectivity index (χ0n) is 21.4. The van der Waals surface area contributed by atoms with Gasteiger partial charge in [0.05, 0.1) is 24.6 Å². The van der Waals surface area contributed by atoms with Gasteiger partial charge in [-0.15, -0.1) is 0 Å². The lowest BCUT2D eigenvalue weighted by molar-refractivity contribution is -0.140. The maximum absolute atomic E-state index is 13.7. The van der Waals surface area contributed by atoms with Crippen molar-refractivity contribution in [2.45, 2.75) is 83.5 Å². The quantitative estimate of drug-likeness (QED) is 0.486. The summed E-state index contributed by atoms with van der Waals surface area (Å²) in [6.45, 7) is 5.25. The second-order valence-electron chi connectivity index (χ2n) is 10.6. The maximum Gasteiger partial charge on any atom is 0.243 e. The van der Waals surface area contributed by atoms with E-state index in [1.54, 1.807) is 11.1 Å². The predicted octanol–water partition coefficient (Wildman–Crippen LogP) is 1.06. The highest BCUT2D eigenvalue weighted by molar-refractivity contribution is 5.94. The minimum absolute atomic E-state index is 0.00712. The summed E-state index contributed by atoms with van der Waals surface area (Å²) in [6, 6.07) is 1.11. The highest BCUT2D eigenvalue weighted by Gasteiger charge is 2.44. The van der Waals surface area contributed by atoms with Crippen molar-refractivity contribution in [1.82, 2.24) is 35.5 Å². The number of carbonyl (C=O) groups is 4. The van der Waals surface area contributed by atoms with Crippen molar-refractivity contribution in [3.05, 3.63) is 35.4 Å². The number of Topliss-reactive ketones (excluding diaryl/α,β-unsaturated/α-hetero) is 1. The third-order valence-electron chi connectivity index (χ3n) is 8.23. The number of likely N-dealkylation sites (tertiary alicyclic amines) is 1. The second kappa shape index (κ2) is 10.5. The summed E-state index contributed by atoms with van der Waals surface area (Å²) < 4.78 is 2.01. The molecule has 4 heterocycles. The van der Waals surface area contributed by atoms with Crippen molar-refractivity contribution < 1.29 is 19.2 Å². The van der Waals surface area contributed by atoms with Crippen molar-refractivity contribution in [2.75, 3.05) is 6.54 Å². The average Bonchev–Trinajstić information content (AvgIpc) is 3.62. The number of aryl methyl sites for hydroxylation is 1. The standard InChI is InChI=1S/C26H35N7O4/c1-3-15(2)23(33-9-4-5-21(33)35)26(37)29-19-7-6-16-8-10-32-14-17(11-20(34)22(19)24(16)32)25(36)27-12-18-13-28-31-30-18/h8,10,13,15,17,19,22-23H,3-7,9,11-12,14H2,1-2H3,(H,27,36)(H,29,37)(H,28,30,31)/t15-,17?,19?,22?,23-/m0/s1. The molecule has 1 saturated heterocycles. The number of hydrogen-bond acceptors (Lipinski definition) is 6. The Morgan fingerprint density at radius 3 is 2.81 bits per heavy atom. The molecule has 11 heteroatoms. The van der Waals surface area contributed by atoms with E-state index in [0.717, 1.165) is 30.5 Å². The normalized spacial score (nSPS) is 24.8. The van der Waals surface area contributed by atoms with Crippen LogP contribution in [-0.2, 0) is 38.7 Å². The van der Waals surface area contributed by atoms with Crippen molar-refractivity contribution >= 4 is 23.5 Å². The van der Waals surface area contributed by atoms with Crippen LogP contribution in [0, 0.1) is 11.8 Å². The molecule has 2 aromatic rings. The number of carbonyl (C=O) groups excluding carboxylic acids is 4. The van der Waals surface area contributed by atoms with E-state index in [1.165, 1.54) is 0 Å². The molecule has 3 unspecified atom stereocenters. The van der Waals surface area contributed by atoms with Gasteiger partial charge in [0.25, 0.3) is 0 Å². The molecular weight excluding hydrogens is 474 g/mol. The van der Waals surface area contributed by atoms with Gasteiger partial charge >= 0.3 is 0 Å². The minimum Gasteiger partial charge on any atom is -0.350 e. The number of nitrogens with one attached hydrogen (secondary N) is 3. The third-order valence-corrected chi connectivity index (χ3v) is 8.23. The fourth-order valence-electron chi connectivity index (χ4n) is 6.12. The van der Waals surface area contributed by atoms with Crippen LogP contribution in [0.15, 0.2) is 18.5 Å². The summed E-state index contributed by atoms with van der Waals surface area (Å²) in [5.74, 6) is -1.44. The molecule has 2 aromatic heterocycles. The van der Waals surface area contributed by atoms with Gasteiger partial charge in [-0.1, -0.05) is 20.3 Å². The minimum atomic E-state index is -0.538. The molecule has 5 rings (SSSR count). The first-order chi connectivity index (χ1) is 17.9. The zero-order valence-corrected chi connectivity index (χ0v) is 21.4. The molecule has 3 N–H and O–H groups in total. The van der Waals surface area contributed by atoms with Gasteiger partial charge in [0.1, 0.15) is 17.5 Å². The molecule has 1 aliphatic carbocycles. The van der Waals surface area contributed by atoms with Crippen LogP contribution in [0.4, 0.5) is 0 Å². The van der Waals surface area contributed by atoms with Crippen LogP contribution < -0.4 is 10.6 Å². The zero-order chi connectivity index (χ0) is 26.1. The summed E-state index contributed by atoms with van der Waals surface area (Å²) >= 11 is 0. The molecule has 2 aliphatic heterocycles. The molecule has 0 bridgehead atoms. The second-order valence-corrected chi connectivity index (χ2v) is 10.6. The summed E-state index contributed by atoms with van der Waals surface area (Å²) in [5.41, 5.74) is 2.62. The third kappa shape index (κ3) is 4.91. The molecule has 5 atom stereocenters. The Balaban J connectivity index is 1.34. The summed E-state index contributed by atoms with van der Waals surface area (Å²) in [7, 11) is 0. The Hall–Kier alpha value is -3.50. The first-order valence-corrected chi connectivity index (χ1v) is 13.3. The Labute approximate surface area is 215 Å². The van der Waals surface area contributed by atoms with Gasteiger partial charge in [-0.25, -0.2) is 0 Å². The van der Waals surface area contributed by atoms with E-state index in [2.05, 4.69) is 26.0 Å². The number of nitrogens with zero attached hydrogens (tertiary/aromatic N) is 4. The van der Waals surface area contributed by atoms with Crippen LogP contribution in [-0.4, -0.2) is 67.0 Å². The Kier molecular flexibility index (Phi) is 7.12. The van der Waals surface area contributed by atoms with Crippen molar-refractivity contribution in [1.29, 1.82) is 0 Å². The lowest BCUT2D eigenvalue weighted by Gasteiger charge is -2.36. The maximum atomic E-state index is 13.7. The van der Waals surface area contributed by atoms with Crippen molar-refractivity contribution in [3.63, 3.8) is 0 Å². The topological polar surface area (TPSA) is 142 Å². The van der Waals surface area contributed by atoms with Gasteiger partial charge in [-0.3, -0.25) is 19.2 Å². The van der Waals surface area contributed by atoms with Crippen LogP contribution >= 0.6 is 0 Å². The number of H-pyrrole nitrogens is 1. The van der Waals surface area contributed by atoms with Gasteiger partial charge in [-0.05, 0) is 36.8 Å². The molecular formula is C26H35N7O4. The molecule has 0 spiro atoms.